The number of nitrogens with zero attached hydrogens (tertiary/aromatic N) is 3. The average Bonchev–Trinajstić information content (AvgIpc) is 3.44. The lowest BCUT2D eigenvalue weighted by molar-refractivity contribution is -0.121. The first kappa shape index (κ1) is 23.4. The number of hydrogen-bond donors (Lipinski definition) is 2. The number of carbonyl (C=O) groups excluding carboxylic acids is 1. The Balaban J connectivity index is 1.49. The van der Waals surface area contributed by atoms with Crippen LogP contribution >= 0.6 is 0 Å². The summed E-state index contributed by atoms with van der Waals surface area (Å²) in [4.78, 5) is 21.0. The van der Waals surface area contributed by atoms with Crippen LogP contribution in [0, 0.1) is 18.6 Å². The molecule has 6 nitrogen and oxygen atoms in total. The van der Waals surface area contributed by atoms with E-state index in [9.17, 15) is 13.6 Å². The third-order valence-corrected chi connectivity index (χ3v) is 6.14. The molecule has 0 radical (unpaired) electrons. The Morgan fingerprint density at radius 2 is 2.00 bits per heavy atom. The van der Waals surface area contributed by atoms with Crippen molar-refractivity contribution in [1.82, 2.24) is 25.1 Å². The summed E-state index contributed by atoms with van der Waals surface area (Å²) in [5.41, 5.74) is 5.34. The number of benzene rings is 2. The predicted molar refractivity (Wildman–Crippen MR) is 134 cm³/mol. The quantitative estimate of drug-likeness (QED) is 0.333. The average molecular weight is 486 g/mol. The van der Waals surface area contributed by atoms with Crippen molar-refractivity contribution < 1.29 is 13.6 Å². The third kappa shape index (κ3) is 5.02. The second-order valence-corrected chi connectivity index (χ2v) is 8.98. The number of pyridine rings is 1. The standard InChI is InChI=1S/C28H25F2N5O/c1-17-8-18(10-22(30)9-17)11-26(28-23(4-3-7-31-28)20-15-33-35(2)16-20)34-27(36)12-19-14-32-25-6-5-21(29)13-24(19)25/h3-10,13-16,26,32H,11-12H2,1-2H3,(H,34,36)/t26-/m0/s1. The fraction of sp³-hybridized carbons (Fsp3) is 0.179. The molecular weight excluding hydrogens is 460 g/mol. The van der Waals surface area contributed by atoms with Crippen LogP contribution in [0.3, 0.4) is 0 Å². The van der Waals surface area contributed by atoms with Crippen LogP contribution in [0.1, 0.15) is 28.4 Å². The first-order valence-corrected chi connectivity index (χ1v) is 11.6. The van der Waals surface area contributed by atoms with Crippen molar-refractivity contribution in [3.05, 3.63) is 107 Å². The van der Waals surface area contributed by atoms with E-state index in [2.05, 4.69) is 20.4 Å². The summed E-state index contributed by atoms with van der Waals surface area (Å²) in [6, 6.07) is 12.5. The van der Waals surface area contributed by atoms with Crippen molar-refractivity contribution in [2.45, 2.75) is 25.8 Å². The SMILES string of the molecule is Cc1cc(F)cc(C[C@H](NC(=O)Cc2c[nH]c3ccc(F)cc23)c2ncccc2-c2cnn(C)c2)c1. The summed E-state index contributed by atoms with van der Waals surface area (Å²) in [5, 5.41) is 8.03. The number of hydrogen-bond acceptors (Lipinski definition) is 3. The van der Waals surface area contributed by atoms with Crippen molar-refractivity contribution >= 4 is 16.8 Å². The van der Waals surface area contributed by atoms with E-state index in [0.717, 1.165) is 27.8 Å². The minimum absolute atomic E-state index is 0.0528. The Morgan fingerprint density at radius 1 is 1.14 bits per heavy atom. The number of aromatic nitrogens is 4. The number of fused-ring (bicyclic) bond motifs is 1. The molecule has 0 saturated heterocycles. The molecule has 1 amide bonds. The smallest absolute Gasteiger partial charge is 0.225 e. The molecule has 0 saturated carbocycles. The van der Waals surface area contributed by atoms with Gasteiger partial charge in [-0.2, -0.15) is 5.10 Å². The Kier molecular flexibility index (Phi) is 6.33. The molecule has 1 atom stereocenters. The number of rotatable bonds is 7. The number of nitrogens with one attached hydrogen (secondary N) is 2. The summed E-state index contributed by atoms with van der Waals surface area (Å²) in [6.45, 7) is 1.83. The molecule has 2 N–H and O–H groups in total. The van der Waals surface area contributed by atoms with Gasteiger partial charge in [-0.1, -0.05) is 12.1 Å². The molecule has 5 rings (SSSR count). The normalized spacial score (nSPS) is 12.1. The van der Waals surface area contributed by atoms with Crippen LogP contribution in [0.2, 0.25) is 0 Å². The van der Waals surface area contributed by atoms with E-state index >= 15 is 0 Å². The van der Waals surface area contributed by atoms with Gasteiger partial charge in [-0.25, -0.2) is 8.78 Å². The van der Waals surface area contributed by atoms with Crippen LogP contribution < -0.4 is 5.32 Å². The molecule has 0 aliphatic rings. The van der Waals surface area contributed by atoms with E-state index in [4.69, 9.17) is 0 Å². The Labute approximate surface area is 207 Å². The Morgan fingerprint density at radius 3 is 2.78 bits per heavy atom. The van der Waals surface area contributed by atoms with Crippen LogP contribution in [0.15, 0.2) is 73.3 Å². The molecule has 182 valence electrons. The van der Waals surface area contributed by atoms with Gasteiger partial charge < -0.3 is 10.3 Å². The van der Waals surface area contributed by atoms with Crippen molar-refractivity contribution in [1.29, 1.82) is 0 Å². The molecule has 8 heteroatoms. The maximum Gasteiger partial charge on any atom is 0.225 e. The number of halogens is 2. The van der Waals surface area contributed by atoms with Gasteiger partial charge in [0.25, 0.3) is 0 Å². The number of carbonyl (C=O) groups is 1. The number of H-pyrrole nitrogens is 1. The fourth-order valence-corrected chi connectivity index (χ4v) is 4.60. The molecule has 0 unspecified atom stereocenters. The molecule has 3 aromatic heterocycles. The van der Waals surface area contributed by atoms with Crippen molar-refractivity contribution in [2.24, 2.45) is 7.05 Å². The highest BCUT2D eigenvalue weighted by molar-refractivity contribution is 5.89. The highest BCUT2D eigenvalue weighted by Gasteiger charge is 2.22. The number of aromatic amines is 1. The molecule has 2 aromatic carbocycles. The second kappa shape index (κ2) is 9.73. The van der Waals surface area contributed by atoms with E-state index in [-0.39, 0.29) is 24.0 Å². The Hall–Kier alpha value is -4.33. The highest BCUT2D eigenvalue weighted by Crippen LogP contribution is 2.29. The first-order valence-electron chi connectivity index (χ1n) is 11.6. The van der Waals surface area contributed by atoms with Crippen LogP contribution in [-0.4, -0.2) is 25.7 Å². The van der Waals surface area contributed by atoms with Crippen LogP contribution in [0.25, 0.3) is 22.0 Å². The van der Waals surface area contributed by atoms with Crippen LogP contribution in [-0.2, 0) is 24.7 Å². The van der Waals surface area contributed by atoms with E-state index < -0.39 is 6.04 Å². The van der Waals surface area contributed by atoms with Gasteiger partial charge in [0.2, 0.25) is 5.91 Å². The largest absolute Gasteiger partial charge is 0.361 e. The molecular formula is C28H25F2N5O. The topological polar surface area (TPSA) is 75.6 Å². The molecule has 0 aliphatic carbocycles. The van der Waals surface area contributed by atoms with Crippen LogP contribution in [0.4, 0.5) is 8.78 Å². The van der Waals surface area contributed by atoms with E-state index in [0.29, 0.717) is 23.1 Å². The van der Waals surface area contributed by atoms with Gasteiger partial charge in [0.15, 0.2) is 0 Å². The van der Waals surface area contributed by atoms with Gasteiger partial charge in [-0.15, -0.1) is 0 Å². The number of aryl methyl sites for hydroxylation is 2. The molecule has 0 bridgehead atoms. The zero-order valence-corrected chi connectivity index (χ0v) is 19.9. The minimum Gasteiger partial charge on any atom is -0.361 e. The minimum atomic E-state index is -0.531. The maximum atomic E-state index is 14.2. The lowest BCUT2D eigenvalue weighted by atomic mass is 9.96. The lowest BCUT2D eigenvalue weighted by Gasteiger charge is -2.21. The van der Waals surface area contributed by atoms with Crippen LogP contribution in [0.5, 0.6) is 0 Å². The summed E-state index contributed by atoms with van der Waals surface area (Å²) in [5.74, 6) is -0.941. The molecule has 0 aliphatic heterocycles. The monoisotopic (exact) mass is 485 g/mol. The van der Waals surface area contributed by atoms with Gasteiger partial charge in [0.05, 0.1) is 24.4 Å². The van der Waals surface area contributed by atoms with Gasteiger partial charge in [-0.05, 0) is 66.4 Å². The number of amides is 1. The van der Waals surface area contributed by atoms with E-state index in [1.54, 1.807) is 29.3 Å². The molecule has 0 fully saturated rings. The van der Waals surface area contributed by atoms with E-state index in [1.807, 2.05) is 38.4 Å². The van der Waals surface area contributed by atoms with E-state index in [1.165, 1.54) is 24.3 Å². The summed E-state index contributed by atoms with van der Waals surface area (Å²) >= 11 is 0. The lowest BCUT2D eigenvalue weighted by Crippen LogP contribution is -2.32. The fourth-order valence-electron chi connectivity index (χ4n) is 4.60. The molecule has 5 aromatic rings. The van der Waals surface area contributed by atoms with Crippen molar-refractivity contribution in [3.63, 3.8) is 0 Å². The molecule has 3 heterocycles. The second-order valence-electron chi connectivity index (χ2n) is 8.98. The first-order chi connectivity index (χ1) is 17.4. The van der Waals surface area contributed by atoms with Gasteiger partial charge in [0, 0.05) is 47.7 Å². The van der Waals surface area contributed by atoms with Crippen molar-refractivity contribution in [3.8, 4) is 11.1 Å². The summed E-state index contributed by atoms with van der Waals surface area (Å²) in [7, 11) is 1.83. The summed E-state index contributed by atoms with van der Waals surface area (Å²) < 4.78 is 29.7. The maximum absolute atomic E-state index is 14.2. The zero-order valence-electron chi connectivity index (χ0n) is 19.9. The van der Waals surface area contributed by atoms with Gasteiger partial charge in [0.1, 0.15) is 11.6 Å². The summed E-state index contributed by atoms with van der Waals surface area (Å²) in [6.07, 6.45) is 7.41. The molecule has 0 spiro atoms. The highest BCUT2D eigenvalue weighted by atomic mass is 19.1. The zero-order chi connectivity index (χ0) is 25.2. The van der Waals surface area contributed by atoms with Gasteiger partial charge in [-0.3, -0.25) is 14.5 Å². The van der Waals surface area contributed by atoms with Gasteiger partial charge >= 0.3 is 0 Å². The Bertz CT molecular complexity index is 1530. The predicted octanol–water partition coefficient (Wildman–Crippen LogP) is 5.19. The van der Waals surface area contributed by atoms with Crippen molar-refractivity contribution in [2.75, 3.05) is 0 Å². The molecule has 36 heavy (non-hydrogen) atoms. The third-order valence-electron chi connectivity index (χ3n) is 6.14.